The summed E-state index contributed by atoms with van der Waals surface area (Å²) in [5, 5.41) is 0. The topological polar surface area (TPSA) is 105 Å². The van der Waals surface area contributed by atoms with Crippen LogP contribution in [0.5, 0.6) is 0 Å². The molecule has 29 heavy (non-hydrogen) atoms. The Hall–Kier alpha value is -2.90. The van der Waals surface area contributed by atoms with Crippen LogP contribution >= 0.6 is 0 Å². The van der Waals surface area contributed by atoms with Crippen molar-refractivity contribution in [3.63, 3.8) is 0 Å². The number of carbonyl (C=O) groups excluding carboxylic acids is 4. The van der Waals surface area contributed by atoms with E-state index < -0.39 is 23.9 Å². The van der Waals surface area contributed by atoms with Crippen LogP contribution in [0.25, 0.3) is 0 Å². The van der Waals surface area contributed by atoms with Crippen molar-refractivity contribution < 1.29 is 38.1 Å². The smallest absolute Gasteiger partial charge is 0.339 e. The minimum Gasteiger partial charge on any atom is -0.465 e. The van der Waals surface area contributed by atoms with Gasteiger partial charge in [0.05, 0.1) is 50.7 Å². The predicted octanol–water partition coefficient (Wildman–Crippen LogP) is 2.96. The van der Waals surface area contributed by atoms with E-state index in [0.717, 1.165) is 53.4 Å². The maximum Gasteiger partial charge on any atom is 0.339 e. The molecule has 1 aliphatic carbocycles. The predicted molar refractivity (Wildman–Crippen MR) is 102 cm³/mol. The summed E-state index contributed by atoms with van der Waals surface area (Å²) >= 11 is 0. The van der Waals surface area contributed by atoms with Crippen molar-refractivity contribution in [3.05, 3.63) is 33.9 Å². The first-order valence-electron chi connectivity index (χ1n) is 9.42. The lowest BCUT2D eigenvalue weighted by atomic mass is 9.81. The summed E-state index contributed by atoms with van der Waals surface area (Å²) in [6.45, 7) is 0. The van der Waals surface area contributed by atoms with Crippen LogP contribution in [0.4, 0.5) is 0 Å². The van der Waals surface area contributed by atoms with E-state index in [-0.39, 0.29) is 28.2 Å². The zero-order valence-electron chi connectivity index (χ0n) is 17.2. The molecule has 1 aromatic carbocycles. The van der Waals surface area contributed by atoms with Gasteiger partial charge in [-0.1, -0.05) is 32.1 Å². The van der Waals surface area contributed by atoms with Gasteiger partial charge < -0.3 is 18.9 Å². The highest BCUT2D eigenvalue weighted by molar-refractivity contribution is 6.15. The third-order valence-electron chi connectivity index (χ3n) is 5.22. The van der Waals surface area contributed by atoms with Gasteiger partial charge in [-0.25, -0.2) is 19.2 Å². The normalized spacial score (nSPS) is 14.1. The largest absolute Gasteiger partial charge is 0.465 e. The van der Waals surface area contributed by atoms with Gasteiger partial charge in [-0.3, -0.25) is 0 Å². The second-order valence-electron chi connectivity index (χ2n) is 6.88. The van der Waals surface area contributed by atoms with E-state index >= 15 is 0 Å². The summed E-state index contributed by atoms with van der Waals surface area (Å²) in [5.74, 6) is -3.23. The van der Waals surface area contributed by atoms with E-state index in [1.54, 1.807) is 0 Å². The Kier molecular flexibility index (Phi) is 7.75. The lowest BCUT2D eigenvalue weighted by Gasteiger charge is -2.24. The number of rotatable bonds is 6. The molecule has 0 saturated heterocycles. The van der Waals surface area contributed by atoms with Crippen molar-refractivity contribution in [2.45, 2.75) is 38.5 Å². The molecule has 0 spiro atoms. The fourth-order valence-corrected chi connectivity index (χ4v) is 3.83. The monoisotopic (exact) mass is 406 g/mol. The van der Waals surface area contributed by atoms with Crippen molar-refractivity contribution in [1.82, 2.24) is 0 Å². The standard InChI is InChI=1S/C21H26O8/c1-26-18(22)14-11-13(10-12-8-6-5-7-9-12)15(19(23)27-2)17(21(25)29-4)16(14)20(24)28-3/h11-12H,5-10H2,1-4H3. The molecule has 0 unspecified atom stereocenters. The van der Waals surface area contributed by atoms with Crippen LogP contribution in [0.2, 0.25) is 0 Å². The van der Waals surface area contributed by atoms with Gasteiger partial charge in [0.25, 0.3) is 0 Å². The van der Waals surface area contributed by atoms with Crippen LogP contribution in [0.3, 0.4) is 0 Å². The Morgan fingerprint density at radius 2 is 1.21 bits per heavy atom. The molecule has 0 N–H and O–H groups in total. The van der Waals surface area contributed by atoms with Crippen LogP contribution in [-0.4, -0.2) is 52.3 Å². The molecule has 0 radical (unpaired) electrons. The Bertz CT molecular complexity index is 805. The quantitative estimate of drug-likeness (QED) is 0.524. The summed E-state index contributed by atoms with van der Waals surface area (Å²) in [5.41, 5.74) is -0.521. The molecular weight excluding hydrogens is 380 g/mol. The van der Waals surface area contributed by atoms with Gasteiger partial charge in [0.1, 0.15) is 0 Å². The molecular formula is C21H26O8. The molecule has 1 saturated carbocycles. The minimum atomic E-state index is -0.958. The van der Waals surface area contributed by atoms with Crippen molar-refractivity contribution in [1.29, 1.82) is 0 Å². The van der Waals surface area contributed by atoms with E-state index in [1.165, 1.54) is 13.2 Å². The van der Waals surface area contributed by atoms with Crippen LogP contribution in [0, 0.1) is 5.92 Å². The van der Waals surface area contributed by atoms with Gasteiger partial charge in [-0.05, 0) is 24.0 Å². The van der Waals surface area contributed by atoms with Gasteiger partial charge in [0.15, 0.2) is 0 Å². The fraction of sp³-hybridized carbons (Fsp3) is 0.524. The highest BCUT2D eigenvalue weighted by atomic mass is 16.5. The average Bonchev–Trinajstić information content (AvgIpc) is 2.76. The lowest BCUT2D eigenvalue weighted by molar-refractivity contribution is 0.0520. The number of esters is 4. The third kappa shape index (κ3) is 4.75. The molecule has 0 heterocycles. The van der Waals surface area contributed by atoms with E-state index in [0.29, 0.717) is 12.0 Å². The number of methoxy groups -OCH3 is 4. The summed E-state index contributed by atoms with van der Waals surface area (Å²) in [6, 6.07) is 1.42. The molecule has 0 aliphatic heterocycles. The number of hydrogen-bond acceptors (Lipinski definition) is 8. The molecule has 0 aromatic heterocycles. The highest BCUT2D eigenvalue weighted by Gasteiger charge is 2.35. The maximum atomic E-state index is 12.6. The van der Waals surface area contributed by atoms with E-state index in [9.17, 15) is 19.2 Å². The van der Waals surface area contributed by atoms with Crippen molar-refractivity contribution in [2.24, 2.45) is 5.92 Å². The van der Waals surface area contributed by atoms with Crippen LogP contribution in [0.1, 0.15) is 79.1 Å². The summed E-state index contributed by atoms with van der Waals surface area (Å²) in [4.78, 5) is 50.1. The van der Waals surface area contributed by atoms with Crippen molar-refractivity contribution in [2.75, 3.05) is 28.4 Å². The van der Waals surface area contributed by atoms with Crippen LogP contribution in [0.15, 0.2) is 6.07 Å². The molecule has 8 nitrogen and oxygen atoms in total. The lowest BCUT2D eigenvalue weighted by Crippen LogP contribution is -2.25. The highest BCUT2D eigenvalue weighted by Crippen LogP contribution is 2.32. The first-order chi connectivity index (χ1) is 13.9. The first-order valence-corrected chi connectivity index (χ1v) is 9.42. The average molecular weight is 406 g/mol. The number of carbonyl (C=O) groups is 4. The molecule has 0 atom stereocenters. The van der Waals surface area contributed by atoms with Crippen LogP contribution < -0.4 is 0 Å². The number of hydrogen-bond donors (Lipinski definition) is 0. The van der Waals surface area contributed by atoms with Gasteiger partial charge in [0, 0.05) is 0 Å². The molecule has 1 aliphatic rings. The summed E-state index contributed by atoms with van der Waals surface area (Å²) < 4.78 is 19.3. The van der Waals surface area contributed by atoms with Gasteiger partial charge >= 0.3 is 23.9 Å². The molecule has 0 amide bonds. The Morgan fingerprint density at radius 3 is 1.72 bits per heavy atom. The van der Waals surface area contributed by atoms with Gasteiger partial charge in [-0.2, -0.15) is 0 Å². The van der Waals surface area contributed by atoms with E-state index in [2.05, 4.69) is 0 Å². The summed E-state index contributed by atoms with van der Waals surface area (Å²) in [6.07, 6.45) is 5.71. The zero-order valence-corrected chi connectivity index (χ0v) is 17.2. The molecule has 1 aromatic rings. The molecule has 1 fully saturated rings. The SMILES string of the molecule is COC(=O)c1cc(CC2CCCCC2)c(C(=O)OC)c(C(=O)OC)c1C(=O)OC. The zero-order chi connectivity index (χ0) is 21.6. The maximum absolute atomic E-state index is 12.6. The van der Waals surface area contributed by atoms with Crippen molar-refractivity contribution >= 4 is 23.9 Å². The second kappa shape index (κ2) is 10.0. The summed E-state index contributed by atoms with van der Waals surface area (Å²) in [7, 11) is 4.57. The molecule has 158 valence electrons. The third-order valence-corrected chi connectivity index (χ3v) is 5.22. The number of ether oxygens (including phenoxy) is 4. The molecule has 8 heteroatoms. The van der Waals surface area contributed by atoms with Gasteiger partial charge in [-0.15, -0.1) is 0 Å². The Labute approximate surface area is 169 Å². The Balaban J connectivity index is 2.83. The van der Waals surface area contributed by atoms with Crippen molar-refractivity contribution in [3.8, 4) is 0 Å². The van der Waals surface area contributed by atoms with Crippen LogP contribution in [-0.2, 0) is 25.4 Å². The number of benzene rings is 1. The Morgan fingerprint density at radius 1 is 0.724 bits per heavy atom. The molecule has 0 bridgehead atoms. The van der Waals surface area contributed by atoms with E-state index in [4.69, 9.17) is 18.9 Å². The fourth-order valence-electron chi connectivity index (χ4n) is 3.83. The van der Waals surface area contributed by atoms with E-state index in [1.807, 2.05) is 0 Å². The van der Waals surface area contributed by atoms with Gasteiger partial charge in [0.2, 0.25) is 0 Å². The minimum absolute atomic E-state index is 0.0852. The second-order valence-corrected chi connectivity index (χ2v) is 6.88. The first kappa shape index (κ1) is 22.4. The molecule has 2 rings (SSSR count).